The molecule has 0 aliphatic carbocycles. The van der Waals surface area contributed by atoms with Gasteiger partial charge in [-0.05, 0) is 37.1 Å². The molecule has 152 valence electrons. The van der Waals surface area contributed by atoms with Crippen molar-refractivity contribution >= 4 is 28.7 Å². The average molecular weight is 408 g/mol. The number of ether oxygens (including phenoxy) is 1. The molecule has 1 aromatic heterocycles. The molecule has 0 radical (unpaired) electrons. The van der Waals surface area contributed by atoms with Crippen molar-refractivity contribution in [3.8, 4) is 11.5 Å². The molecule has 0 amide bonds. The molecule has 4 rings (SSSR count). The van der Waals surface area contributed by atoms with Gasteiger partial charge in [-0.15, -0.1) is 0 Å². The molecule has 0 fully saturated rings. The minimum Gasteiger partial charge on any atom is -0.506 e. The number of aryl methyl sites for hydroxylation is 1. The lowest BCUT2D eigenvalue weighted by atomic mass is 9.82. The van der Waals surface area contributed by atoms with E-state index in [2.05, 4.69) is 0 Å². The van der Waals surface area contributed by atoms with E-state index in [1.807, 2.05) is 0 Å². The average Bonchev–Trinajstić information content (AvgIpc) is 2.66. The number of phenolic OH excluding ortho intramolecular Hbond substituents is 1. The van der Waals surface area contributed by atoms with E-state index in [1.54, 1.807) is 19.1 Å². The van der Waals surface area contributed by atoms with Crippen molar-refractivity contribution in [1.82, 2.24) is 0 Å². The Morgan fingerprint density at radius 1 is 1.13 bits per heavy atom. The third-order valence-corrected chi connectivity index (χ3v) is 5.20. The number of fused-ring (bicyclic) bond motifs is 3. The van der Waals surface area contributed by atoms with Crippen molar-refractivity contribution in [3.63, 3.8) is 0 Å². The van der Waals surface area contributed by atoms with Crippen LogP contribution < -0.4 is 10.4 Å². The zero-order valence-electron chi connectivity index (χ0n) is 16.0. The number of hydrogen-bond donors (Lipinski definition) is 2. The molecular formula is C22H16O8. The largest absolute Gasteiger partial charge is 0.506 e. The van der Waals surface area contributed by atoms with E-state index in [-0.39, 0.29) is 39.8 Å². The predicted octanol–water partition coefficient (Wildman–Crippen LogP) is 3.15. The Morgan fingerprint density at radius 3 is 2.40 bits per heavy atom. The van der Waals surface area contributed by atoms with Gasteiger partial charge in [0.25, 0.3) is 0 Å². The maximum Gasteiger partial charge on any atom is 0.336 e. The number of hydrogen-bond acceptors (Lipinski definition) is 7. The topological polar surface area (TPSA) is 131 Å². The van der Waals surface area contributed by atoms with E-state index in [4.69, 9.17) is 14.3 Å². The normalized spacial score (nSPS) is 15.5. The van der Waals surface area contributed by atoms with E-state index in [1.165, 1.54) is 25.1 Å². The van der Waals surface area contributed by atoms with Crippen LogP contribution in [-0.4, -0.2) is 27.9 Å². The van der Waals surface area contributed by atoms with Gasteiger partial charge in [0.1, 0.15) is 16.9 Å². The SMILES string of the molecule is CC(=O)c1c2c(c3oc(=O)cc(C)c3c1O)C(c1ccc(C(=O)O)cc1)CC(=O)O2. The van der Waals surface area contributed by atoms with E-state index >= 15 is 0 Å². The molecule has 1 atom stereocenters. The quantitative estimate of drug-likeness (QED) is 0.292. The number of esters is 1. The van der Waals surface area contributed by atoms with Gasteiger partial charge < -0.3 is 19.4 Å². The van der Waals surface area contributed by atoms with Gasteiger partial charge in [-0.25, -0.2) is 9.59 Å². The number of carbonyl (C=O) groups excluding carboxylic acids is 2. The van der Waals surface area contributed by atoms with E-state index in [0.717, 1.165) is 0 Å². The fraction of sp³-hybridized carbons (Fsp3) is 0.182. The molecule has 0 saturated heterocycles. The summed E-state index contributed by atoms with van der Waals surface area (Å²) in [7, 11) is 0. The molecule has 3 aromatic rings. The molecule has 2 heterocycles. The smallest absolute Gasteiger partial charge is 0.336 e. The van der Waals surface area contributed by atoms with Gasteiger partial charge in [0.15, 0.2) is 11.5 Å². The van der Waals surface area contributed by atoms with Crippen molar-refractivity contribution < 1.29 is 33.8 Å². The number of carboxylic acid groups (broad SMARTS) is 1. The first kappa shape index (κ1) is 19.4. The number of ketones is 1. The van der Waals surface area contributed by atoms with E-state index < -0.39 is 35.0 Å². The van der Waals surface area contributed by atoms with E-state index in [0.29, 0.717) is 11.1 Å². The Labute approximate surface area is 169 Å². The summed E-state index contributed by atoms with van der Waals surface area (Å²) in [6.07, 6.45) is -0.117. The summed E-state index contributed by atoms with van der Waals surface area (Å²) in [6, 6.07) is 7.09. The fourth-order valence-corrected chi connectivity index (χ4v) is 3.88. The van der Waals surface area contributed by atoms with Gasteiger partial charge in [0.2, 0.25) is 0 Å². The Hall–Kier alpha value is -3.94. The zero-order valence-corrected chi connectivity index (χ0v) is 16.0. The molecule has 1 unspecified atom stereocenters. The number of aromatic hydroxyl groups is 1. The lowest BCUT2D eigenvalue weighted by Gasteiger charge is -2.28. The second kappa shape index (κ2) is 6.84. The van der Waals surface area contributed by atoms with Crippen LogP contribution in [0, 0.1) is 6.92 Å². The number of carboxylic acids is 1. The van der Waals surface area contributed by atoms with Gasteiger partial charge >= 0.3 is 17.6 Å². The predicted molar refractivity (Wildman–Crippen MR) is 104 cm³/mol. The van der Waals surface area contributed by atoms with Gasteiger partial charge in [0, 0.05) is 17.5 Å². The maximum atomic E-state index is 12.3. The number of benzene rings is 2. The Morgan fingerprint density at radius 2 is 1.80 bits per heavy atom. The first-order chi connectivity index (χ1) is 14.2. The molecule has 8 nitrogen and oxygen atoms in total. The van der Waals surface area contributed by atoms with Crippen LogP contribution in [-0.2, 0) is 4.79 Å². The van der Waals surface area contributed by atoms with Crippen LogP contribution in [0.25, 0.3) is 11.0 Å². The van der Waals surface area contributed by atoms with Crippen LogP contribution >= 0.6 is 0 Å². The second-order valence-corrected chi connectivity index (χ2v) is 7.13. The number of phenols is 1. The third kappa shape index (κ3) is 2.93. The van der Waals surface area contributed by atoms with Gasteiger partial charge in [-0.1, -0.05) is 12.1 Å². The summed E-state index contributed by atoms with van der Waals surface area (Å²) >= 11 is 0. The number of carbonyl (C=O) groups is 3. The summed E-state index contributed by atoms with van der Waals surface area (Å²) in [5.41, 5.74) is 0.529. The summed E-state index contributed by atoms with van der Waals surface area (Å²) in [6.45, 7) is 2.83. The molecule has 30 heavy (non-hydrogen) atoms. The molecule has 1 aliphatic heterocycles. The van der Waals surface area contributed by atoms with Gasteiger partial charge in [-0.2, -0.15) is 0 Å². The fourth-order valence-electron chi connectivity index (χ4n) is 3.88. The molecule has 0 spiro atoms. The van der Waals surface area contributed by atoms with Crippen molar-refractivity contribution in [2.75, 3.05) is 0 Å². The Bertz CT molecular complexity index is 1300. The standard InChI is InChI=1S/C22H16O8/c1-9-7-14(24)29-20-16(9)19(26)17(10(2)23)21-18(20)13(8-15(25)30-21)11-3-5-12(6-4-11)22(27)28/h3-7,13,26H,8H2,1-2H3,(H,27,28). The zero-order chi connectivity index (χ0) is 21.7. The summed E-state index contributed by atoms with van der Waals surface area (Å²) < 4.78 is 10.7. The lowest BCUT2D eigenvalue weighted by Crippen LogP contribution is -2.23. The van der Waals surface area contributed by atoms with E-state index in [9.17, 15) is 24.3 Å². The lowest BCUT2D eigenvalue weighted by molar-refractivity contribution is -0.135. The highest BCUT2D eigenvalue weighted by Crippen LogP contribution is 2.49. The Balaban J connectivity index is 2.10. The highest BCUT2D eigenvalue weighted by molar-refractivity contribution is 6.09. The molecule has 0 saturated carbocycles. The minimum atomic E-state index is -1.10. The highest BCUT2D eigenvalue weighted by Gasteiger charge is 2.37. The molecule has 1 aliphatic rings. The number of Topliss-reactive ketones (excluding diaryl/α,β-unsaturated/α-hetero) is 1. The first-order valence-electron chi connectivity index (χ1n) is 9.07. The molecule has 2 N–H and O–H groups in total. The van der Waals surface area contributed by atoms with Gasteiger partial charge in [0.05, 0.1) is 17.4 Å². The third-order valence-electron chi connectivity index (χ3n) is 5.20. The highest BCUT2D eigenvalue weighted by atomic mass is 16.5. The van der Waals surface area contributed by atoms with Crippen LogP contribution in [0.15, 0.2) is 39.5 Å². The molecule has 8 heteroatoms. The summed E-state index contributed by atoms with van der Waals surface area (Å²) in [5.74, 6) is -3.50. The van der Waals surface area contributed by atoms with Crippen molar-refractivity contribution in [1.29, 1.82) is 0 Å². The first-order valence-corrected chi connectivity index (χ1v) is 9.07. The number of aromatic carboxylic acids is 1. The van der Waals surface area contributed by atoms with Crippen molar-refractivity contribution in [3.05, 3.63) is 68.6 Å². The number of rotatable bonds is 3. The molecular weight excluding hydrogens is 392 g/mol. The van der Waals surface area contributed by atoms with Crippen molar-refractivity contribution in [2.24, 2.45) is 0 Å². The Kier molecular flexibility index (Phi) is 4.42. The van der Waals surface area contributed by atoms with Crippen LogP contribution in [0.5, 0.6) is 11.5 Å². The van der Waals surface area contributed by atoms with Gasteiger partial charge in [-0.3, -0.25) is 9.59 Å². The van der Waals surface area contributed by atoms with Crippen LogP contribution in [0.1, 0.15) is 56.7 Å². The summed E-state index contributed by atoms with van der Waals surface area (Å²) in [4.78, 5) is 47.9. The van der Waals surface area contributed by atoms with Crippen LogP contribution in [0.2, 0.25) is 0 Å². The molecule has 0 bridgehead atoms. The van der Waals surface area contributed by atoms with Crippen molar-refractivity contribution in [2.45, 2.75) is 26.2 Å². The summed E-state index contributed by atoms with van der Waals surface area (Å²) in [5, 5.41) is 20.1. The monoisotopic (exact) mass is 408 g/mol. The van der Waals surface area contributed by atoms with Crippen LogP contribution in [0.4, 0.5) is 0 Å². The molecule has 2 aromatic carbocycles. The van der Waals surface area contributed by atoms with Crippen LogP contribution in [0.3, 0.4) is 0 Å². The second-order valence-electron chi connectivity index (χ2n) is 7.13. The minimum absolute atomic E-state index is 0.0253. The maximum absolute atomic E-state index is 12.3.